The molecule has 196 valence electrons. The Morgan fingerprint density at radius 1 is 1.24 bits per heavy atom. The Kier molecular flexibility index (Phi) is 7.13. The van der Waals surface area contributed by atoms with Crippen LogP contribution in [0.25, 0.3) is 22.2 Å². The van der Waals surface area contributed by atoms with Gasteiger partial charge in [-0.1, -0.05) is 36.4 Å². The molecule has 2 fully saturated rings. The molecule has 11 heteroatoms. The Morgan fingerprint density at radius 2 is 2.05 bits per heavy atom. The zero-order valence-electron chi connectivity index (χ0n) is 20.1. The number of alkyl halides is 3. The van der Waals surface area contributed by atoms with E-state index in [2.05, 4.69) is 26.8 Å². The fourth-order valence-electron chi connectivity index (χ4n) is 5.50. The maximum absolute atomic E-state index is 13.8. The number of aromatic amines is 1. The number of nitrogens with one attached hydrogen (secondary N) is 2. The number of hydrogen-bond acceptors (Lipinski definition) is 5. The molecule has 2 aliphatic rings. The summed E-state index contributed by atoms with van der Waals surface area (Å²) in [6.45, 7) is 3.54. The molecule has 1 saturated carbocycles. The van der Waals surface area contributed by atoms with Crippen LogP contribution in [0.2, 0.25) is 5.02 Å². The van der Waals surface area contributed by atoms with Crippen LogP contribution in [0.4, 0.5) is 19.1 Å². The summed E-state index contributed by atoms with van der Waals surface area (Å²) < 4.78 is 41.3. The molecular weight excluding hydrogens is 505 g/mol. The van der Waals surface area contributed by atoms with Gasteiger partial charge in [0.2, 0.25) is 11.9 Å². The monoisotopic (exact) mass is 532 g/mol. The van der Waals surface area contributed by atoms with Crippen molar-refractivity contribution in [2.24, 2.45) is 0 Å². The maximum atomic E-state index is 13.8. The topological polar surface area (TPSA) is 77.2 Å². The van der Waals surface area contributed by atoms with Gasteiger partial charge in [0.1, 0.15) is 6.04 Å². The van der Waals surface area contributed by atoms with Gasteiger partial charge in [0, 0.05) is 54.4 Å². The van der Waals surface area contributed by atoms with E-state index in [1.165, 1.54) is 0 Å². The lowest BCUT2D eigenvalue weighted by Crippen LogP contribution is -2.62. The van der Waals surface area contributed by atoms with Gasteiger partial charge in [-0.05, 0) is 37.8 Å². The Balaban J connectivity index is 1.30. The van der Waals surface area contributed by atoms with Crippen molar-refractivity contribution in [2.75, 3.05) is 25.0 Å². The number of piperazine rings is 1. The molecule has 1 aliphatic heterocycles. The molecule has 3 aromatic rings. The molecule has 3 atom stereocenters. The first kappa shape index (κ1) is 25.5. The van der Waals surface area contributed by atoms with Crippen LogP contribution < -0.4 is 5.32 Å². The smallest absolute Gasteiger partial charge is 0.360 e. The van der Waals surface area contributed by atoms with Gasteiger partial charge in [0.25, 0.3) is 0 Å². The molecule has 2 N–H and O–H groups in total. The highest BCUT2D eigenvalue weighted by atomic mass is 35.5. The minimum Gasteiger partial charge on any atom is -0.360 e. The summed E-state index contributed by atoms with van der Waals surface area (Å²) in [5, 5.41) is 4.82. The Bertz CT molecular complexity index is 1290. The van der Waals surface area contributed by atoms with Crippen molar-refractivity contribution < 1.29 is 18.0 Å². The molecule has 1 aromatic carbocycles. The second-order valence-corrected chi connectivity index (χ2v) is 10.00. The SMILES string of the molecule is C=CC(=O)N1CCN([C@@H]2CCC[C@@H](Nc3ncc(Cl)c(-c4c[nH]c5ccccc45)n3)C2)CC1C(F)(F)F. The van der Waals surface area contributed by atoms with Gasteiger partial charge in [-0.15, -0.1) is 0 Å². The molecule has 0 spiro atoms. The van der Waals surface area contributed by atoms with E-state index in [9.17, 15) is 18.0 Å². The van der Waals surface area contributed by atoms with Crippen LogP contribution in [0.15, 0.2) is 49.3 Å². The first-order valence-electron chi connectivity index (χ1n) is 12.3. The number of amides is 1. The number of aromatic nitrogens is 3. The lowest BCUT2D eigenvalue weighted by Gasteiger charge is -2.46. The van der Waals surface area contributed by atoms with E-state index in [-0.39, 0.29) is 25.2 Å². The average Bonchev–Trinajstić information content (AvgIpc) is 3.33. The number of benzene rings is 1. The van der Waals surface area contributed by atoms with Gasteiger partial charge in [-0.3, -0.25) is 9.69 Å². The molecule has 1 aliphatic carbocycles. The van der Waals surface area contributed by atoms with Crippen LogP contribution in [-0.2, 0) is 4.79 Å². The van der Waals surface area contributed by atoms with Crippen LogP contribution in [-0.4, -0.2) is 74.6 Å². The number of fused-ring (bicyclic) bond motifs is 1. The number of H-pyrrole nitrogens is 1. The lowest BCUT2D eigenvalue weighted by molar-refractivity contribution is -0.201. The first-order valence-corrected chi connectivity index (χ1v) is 12.7. The minimum atomic E-state index is -4.50. The molecule has 1 unspecified atom stereocenters. The van der Waals surface area contributed by atoms with Crippen LogP contribution in [0, 0.1) is 0 Å². The molecular formula is C26H28ClF3N6O. The fraction of sp³-hybridized carbons (Fsp3) is 0.423. The molecule has 37 heavy (non-hydrogen) atoms. The maximum Gasteiger partial charge on any atom is 0.410 e. The van der Waals surface area contributed by atoms with E-state index in [1.807, 2.05) is 35.4 Å². The van der Waals surface area contributed by atoms with Gasteiger partial charge in [-0.2, -0.15) is 13.2 Å². The highest BCUT2D eigenvalue weighted by Gasteiger charge is 2.48. The predicted octanol–water partition coefficient (Wildman–Crippen LogP) is 5.26. The van der Waals surface area contributed by atoms with E-state index in [1.54, 1.807) is 6.20 Å². The third-order valence-corrected chi connectivity index (χ3v) is 7.61. The van der Waals surface area contributed by atoms with Crippen molar-refractivity contribution in [1.82, 2.24) is 24.8 Å². The number of rotatable bonds is 5. The Hall–Kier alpha value is -3.11. The highest BCUT2D eigenvalue weighted by Crippen LogP contribution is 2.34. The molecule has 2 aromatic heterocycles. The van der Waals surface area contributed by atoms with E-state index in [0.29, 0.717) is 29.6 Å². The van der Waals surface area contributed by atoms with Crippen molar-refractivity contribution in [2.45, 2.75) is 50.0 Å². The lowest BCUT2D eigenvalue weighted by atomic mass is 9.89. The van der Waals surface area contributed by atoms with Gasteiger partial charge in [0.05, 0.1) is 16.9 Å². The van der Waals surface area contributed by atoms with E-state index < -0.39 is 18.1 Å². The summed E-state index contributed by atoms with van der Waals surface area (Å²) in [7, 11) is 0. The molecule has 5 rings (SSSR count). The number of hydrogen-bond donors (Lipinski definition) is 2. The molecule has 7 nitrogen and oxygen atoms in total. The van der Waals surface area contributed by atoms with Gasteiger partial charge >= 0.3 is 6.18 Å². The van der Waals surface area contributed by atoms with Crippen molar-refractivity contribution in [3.63, 3.8) is 0 Å². The quantitative estimate of drug-likeness (QED) is 0.438. The van der Waals surface area contributed by atoms with E-state index >= 15 is 0 Å². The molecule has 0 radical (unpaired) electrons. The van der Waals surface area contributed by atoms with Gasteiger partial charge in [0.15, 0.2) is 0 Å². The highest BCUT2D eigenvalue weighted by molar-refractivity contribution is 6.33. The second-order valence-electron chi connectivity index (χ2n) is 9.59. The van der Waals surface area contributed by atoms with Crippen molar-refractivity contribution in [3.8, 4) is 11.3 Å². The summed E-state index contributed by atoms with van der Waals surface area (Å²) >= 11 is 6.45. The zero-order valence-corrected chi connectivity index (χ0v) is 20.9. The number of para-hydroxylation sites is 1. The Morgan fingerprint density at radius 3 is 2.84 bits per heavy atom. The summed E-state index contributed by atoms with van der Waals surface area (Å²) in [6, 6.07) is 6.02. The van der Waals surface area contributed by atoms with Crippen molar-refractivity contribution >= 4 is 34.4 Å². The van der Waals surface area contributed by atoms with E-state index in [4.69, 9.17) is 11.6 Å². The fourth-order valence-corrected chi connectivity index (χ4v) is 5.69. The number of halogens is 4. The average molecular weight is 533 g/mol. The van der Waals surface area contributed by atoms with Crippen molar-refractivity contribution in [1.29, 1.82) is 0 Å². The first-order chi connectivity index (χ1) is 17.7. The normalized spacial score (nSPS) is 23.2. The molecule has 0 bridgehead atoms. The Labute approximate surface area is 217 Å². The molecule has 1 amide bonds. The van der Waals surface area contributed by atoms with E-state index in [0.717, 1.165) is 46.7 Å². The van der Waals surface area contributed by atoms with Crippen LogP contribution in [0.5, 0.6) is 0 Å². The largest absolute Gasteiger partial charge is 0.410 e. The minimum absolute atomic E-state index is 0.00733. The number of carbonyl (C=O) groups excluding carboxylic acids is 1. The second kappa shape index (κ2) is 10.3. The molecule has 3 heterocycles. The van der Waals surface area contributed by atoms with Crippen LogP contribution >= 0.6 is 11.6 Å². The van der Waals surface area contributed by atoms with Gasteiger partial charge < -0.3 is 15.2 Å². The summed E-state index contributed by atoms with van der Waals surface area (Å²) in [4.78, 5) is 27.1. The molecule has 1 saturated heterocycles. The standard InChI is InChI=1S/C26H28ClF3N6O/c1-2-23(37)36-11-10-35(15-22(36)26(28,29)30)17-7-5-6-16(12-17)33-25-32-14-20(27)24(34-25)19-13-31-21-9-4-3-8-18(19)21/h2-4,8-9,13-14,16-17,22,31H,1,5-7,10-12,15H2,(H,32,33,34)/t16-,17-,22?/m1/s1. The third-order valence-electron chi connectivity index (χ3n) is 7.33. The van der Waals surface area contributed by atoms with Crippen molar-refractivity contribution in [3.05, 3.63) is 54.3 Å². The number of carbonyl (C=O) groups is 1. The number of nitrogens with zero attached hydrogens (tertiary/aromatic N) is 4. The van der Waals surface area contributed by atoms with Gasteiger partial charge in [-0.25, -0.2) is 9.97 Å². The predicted molar refractivity (Wildman–Crippen MR) is 137 cm³/mol. The van der Waals surface area contributed by atoms with Crippen LogP contribution in [0.3, 0.4) is 0 Å². The third kappa shape index (κ3) is 5.31. The van der Waals surface area contributed by atoms with Crippen LogP contribution in [0.1, 0.15) is 25.7 Å². The zero-order chi connectivity index (χ0) is 26.2. The summed E-state index contributed by atoms with van der Waals surface area (Å²) in [6.07, 6.45) is 3.08. The summed E-state index contributed by atoms with van der Waals surface area (Å²) in [5.41, 5.74) is 2.46. The summed E-state index contributed by atoms with van der Waals surface area (Å²) in [5.74, 6) is -0.249. The number of anilines is 1.